The molecule has 0 aliphatic heterocycles. The predicted octanol–water partition coefficient (Wildman–Crippen LogP) is 4.64. The maximum absolute atomic E-state index is 11.5. The molecule has 0 N–H and O–H groups in total. The summed E-state index contributed by atoms with van der Waals surface area (Å²) >= 11 is 12.4. The van der Waals surface area contributed by atoms with E-state index in [0.717, 1.165) is 17.7 Å². The van der Waals surface area contributed by atoms with Crippen LogP contribution < -0.4 is 9.47 Å². The number of aryl methyl sites for hydroxylation is 1. The molecule has 0 aliphatic carbocycles. The van der Waals surface area contributed by atoms with Gasteiger partial charge >= 0.3 is 11.9 Å². The first-order valence-corrected chi connectivity index (χ1v) is 7.24. The molecular formula is C17H12Cl2O4. The van der Waals surface area contributed by atoms with Crippen molar-refractivity contribution in [3.8, 4) is 11.5 Å². The summed E-state index contributed by atoms with van der Waals surface area (Å²) in [5, 5.41) is 0.894. The van der Waals surface area contributed by atoms with Crippen LogP contribution in [0.15, 0.2) is 43.5 Å². The molecule has 0 bridgehead atoms. The third kappa shape index (κ3) is 3.38. The number of rotatable bonds is 4. The average Bonchev–Trinajstić information content (AvgIpc) is 2.55. The molecule has 0 unspecified atom stereocenters. The Morgan fingerprint density at radius 1 is 0.957 bits per heavy atom. The van der Waals surface area contributed by atoms with Gasteiger partial charge in [-0.05, 0) is 13.0 Å². The van der Waals surface area contributed by atoms with Crippen molar-refractivity contribution >= 4 is 45.9 Å². The van der Waals surface area contributed by atoms with Gasteiger partial charge in [0.2, 0.25) is 0 Å². The van der Waals surface area contributed by atoms with E-state index in [9.17, 15) is 9.59 Å². The molecule has 2 rings (SSSR count). The highest BCUT2D eigenvalue weighted by atomic mass is 35.5. The third-order valence-electron chi connectivity index (χ3n) is 2.99. The molecule has 23 heavy (non-hydrogen) atoms. The second kappa shape index (κ2) is 6.86. The van der Waals surface area contributed by atoms with Crippen molar-refractivity contribution in [3.05, 3.63) is 59.1 Å². The summed E-state index contributed by atoms with van der Waals surface area (Å²) in [5.41, 5.74) is 0.896. The molecule has 0 saturated carbocycles. The Hall–Kier alpha value is -2.30. The van der Waals surface area contributed by atoms with Crippen LogP contribution in [0.4, 0.5) is 0 Å². The molecule has 0 fully saturated rings. The van der Waals surface area contributed by atoms with Gasteiger partial charge in [-0.25, -0.2) is 9.59 Å². The molecule has 0 aliphatic rings. The van der Waals surface area contributed by atoms with Gasteiger partial charge in [0.25, 0.3) is 0 Å². The summed E-state index contributed by atoms with van der Waals surface area (Å²) in [6.45, 7) is 8.54. The van der Waals surface area contributed by atoms with Crippen LogP contribution in [0, 0.1) is 6.92 Å². The number of carbonyl (C=O) groups excluding carboxylic acids is 2. The van der Waals surface area contributed by atoms with Crippen molar-refractivity contribution in [1.29, 1.82) is 0 Å². The molecule has 4 nitrogen and oxygen atoms in total. The Morgan fingerprint density at radius 2 is 1.43 bits per heavy atom. The number of hydrogen-bond acceptors (Lipinski definition) is 4. The van der Waals surface area contributed by atoms with E-state index in [0.29, 0.717) is 10.8 Å². The number of carbonyl (C=O) groups is 2. The number of ether oxygens (including phenoxy) is 2. The lowest BCUT2D eigenvalue weighted by molar-refractivity contribution is -0.129. The Morgan fingerprint density at radius 3 is 1.91 bits per heavy atom. The number of benzene rings is 2. The zero-order valence-corrected chi connectivity index (χ0v) is 13.7. The first-order chi connectivity index (χ1) is 10.9. The van der Waals surface area contributed by atoms with Gasteiger partial charge in [-0.15, -0.1) is 0 Å². The van der Waals surface area contributed by atoms with Crippen molar-refractivity contribution < 1.29 is 19.1 Å². The molecular weight excluding hydrogens is 339 g/mol. The van der Waals surface area contributed by atoms with Crippen LogP contribution in [0.1, 0.15) is 5.56 Å². The molecule has 0 radical (unpaired) electrons. The van der Waals surface area contributed by atoms with Crippen molar-refractivity contribution in [2.45, 2.75) is 6.92 Å². The first-order valence-electron chi connectivity index (χ1n) is 6.48. The minimum Gasteiger partial charge on any atom is -0.421 e. The lowest BCUT2D eigenvalue weighted by Gasteiger charge is -2.15. The van der Waals surface area contributed by atoms with E-state index >= 15 is 0 Å². The predicted molar refractivity (Wildman–Crippen MR) is 90.4 cm³/mol. The molecule has 0 atom stereocenters. The minimum absolute atomic E-state index is 0.0353. The van der Waals surface area contributed by atoms with Crippen LogP contribution in [0.25, 0.3) is 10.8 Å². The summed E-state index contributed by atoms with van der Waals surface area (Å²) in [5.74, 6) is -1.20. The van der Waals surface area contributed by atoms with Gasteiger partial charge < -0.3 is 9.47 Å². The number of fused-ring (bicyclic) bond motifs is 1. The highest BCUT2D eigenvalue weighted by molar-refractivity contribution is 6.45. The molecule has 0 amide bonds. The second-order valence-corrected chi connectivity index (χ2v) is 5.34. The lowest BCUT2D eigenvalue weighted by atomic mass is 10.1. The van der Waals surface area contributed by atoms with Crippen molar-refractivity contribution in [1.82, 2.24) is 0 Å². The highest BCUT2D eigenvalue weighted by Crippen LogP contribution is 2.47. The van der Waals surface area contributed by atoms with E-state index in [1.54, 1.807) is 18.2 Å². The Balaban J connectivity index is 2.80. The fourth-order valence-electron chi connectivity index (χ4n) is 1.96. The quantitative estimate of drug-likeness (QED) is 0.458. The minimum atomic E-state index is -0.680. The van der Waals surface area contributed by atoms with Crippen LogP contribution in [-0.4, -0.2) is 11.9 Å². The largest absolute Gasteiger partial charge is 0.421 e. The smallest absolute Gasteiger partial charge is 0.335 e. The van der Waals surface area contributed by atoms with Crippen molar-refractivity contribution in [2.75, 3.05) is 0 Å². The maximum atomic E-state index is 11.5. The summed E-state index contributed by atoms with van der Waals surface area (Å²) in [4.78, 5) is 23.1. The van der Waals surface area contributed by atoms with Crippen LogP contribution in [0.3, 0.4) is 0 Å². The van der Waals surface area contributed by atoms with Gasteiger partial charge in [0, 0.05) is 22.9 Å². The summed E-state index contributed by atoms with van der Waals surface area (Å²) in [7, 11) is 0. The third-order valence-corrected chi connectivity index (χ3v) is 3.81. The summed E-state index contributed by atoms with van der Waals surface area (Å²) in [6, 6.07) is 5.25. The van der Waals surface area contributed by atoms with E-state index in [-0.39, 0.29) is 21.5 Å². The number of halogens is 2. The van der Waals surface area contributed by atoms with Gasteiger partial charge in [-0.2, -0.15) is 0 Å². The van der Waals surface area contributed by atoms with Gasteiger partial charge in [-0.1, -0.05) is 54.1 Å². The Labute approximate surface area is 142 Å². The van der Waals surface area contributed by atoms with Crippen molar-refractivity contribution in [3.63, 3.8) is 0 Å². The molecule has 0 heterocycles. The Kier molecular flexibility index (Phi) is 5.08. The fourth-order valence-corrected chi connectivity index (χ4v) is 2.42. The fraction of sp³-hybridized carbons (Fsp3) is 0.0588. The van der Waals surface area contributed by atoms with Gasteiger partial charge in [0.1, 0.15) is 10.0 Å². The van der Waals surface area contributed by atoms with Crippen LogP contribution >= 0.6 is 23.2 Å². The van der Waals surface area contributed by atoms with Crippen LogP contribution in [-0.2, 0) is 9.59 Å². The standard InChI is InChI=1S/C17H12Cl2O4/c1-4-12(20)22-16-10-7-6-9(3)8-11(10)17(15(19)14(16)18)23-13(21)5-2/h4-8H,1-2H2,3H3. The van der Waals surface area contributed by atoms with E-state index in [2.05, 4.69) is 13.2 Å². The Bertz CT molecular complexity index is 840. The van der Waals surface area contributed by atoms with E-state index in [1.165, 1.54) is 0 Å². The topological polar surface area (TPSA) is 52.6 Å². The second-order valence-electron chi connectivity index (χ2n) is 4.59. The van der Waals surface area contributed by atoms with Crippen LogP contribution in [0.5, 0.6) is 11.5 Å². The summed E-state index contributed by atoms with van der Waals surface area (Å²) < 4.78 is 10.4. The zero-order chi connectivity index (χ0) is 17.1. The molecule has 6 heteroatoms. The molecule has 2 aromatic carbocycles. The van der Waals surface area contributed by atoms with Gasteiger partial charge in [0.05, 0.1) is 0 Å². The van der Waals surface area contributed by atoms with Crippen molar-refractivity contribution in [2.24, 2.45) is 0 Å². The van der Waals surface area contributed by atoms with Gasteiger partial charge in [-0.3, -0.25) is 0 Å². The first kappa shape index (κ1) is 17.1. The highest BCUT2D eigenvalue weighted by Gasteiger charge is 2.22. The van der Waals surface area contributed by atoms with Gasteiger partial charge in [0.15, 0.2) is 11.5 Å². The monoisotopic (exact) mass is 350 g/mol. The summed E-state index contributed by atoms with van der Waals surface area (Å²) in [6.07, 6.45) is 2.02. The molecule has 2 aromatic rings. The normalized spacial score (nSPS) is 10.2. The van der Waals surface area contributed by atoms with E-state index in [4.69, 9.17) is 32.7 Å². The number of esters is 2. The number of hydrogen-bond donors (Lipinski definition) is 0. The maximum Gasteiger partial charge on any atom is 0.335 e. The van der Waals surface area contributed by atoms with E-state index in [1.807, 2.05) is 6.92 Å². The molecule has 0 saturated heterocycles. The molecule has 0 aromatic heterocycles. The van der Waals surface area contributed by atoms with E-state index < -0.39 is 11.9 Å². The van der Waals surface area contributed by atoms with Crippen LogP contribution in [0.2, 0.25) is 10.0 Å². The zero-order valence-electron chi connectivity index (χ0n) is 12.2. The average molecular weight is 351 g/mol. The molecule has 118 valence electrons. The lowest BCUT2D eigenvalue weighted by Crippen LogP contribution is -2.07. The molecule has 0 spiro atoms. The SMILES string of the molecule is C=CC(=O)Oc1c(Cl)c(Cl)c(OC(=O)C=C)c2cc(C)ccc12.